The number of fused-ring (bicyclic) bond motifs is 1. The summed E-state index contributed by atoms with van der Waals surface area (Å²) in [6.07, 6.45) is 4.09. The van der Waals surface area contributed by atoms with Gasteiger partial charge in [0.15, 0.2) is 0 Å². The molecule has 4 amide bonds. The summed E-state index contributed by atoms with van der Waals surface area (Å²) in [4.78, 5) is 44.1. The van der Waals surface area contributed by atoms with Crippen LogP contribution in [0.4, 0.5) is 4.79 Å². The molecule has 0 radical (unpaired) electrons. The molecule has 1 aliphatic carbocycles. The number of hydrogen-bond acceptors (Lipinski definition) is 3. The predicted octanol–water partition coefficient (Wildman–Crippen LogP) is 3.94. The Hall–Kier alpha value is -3.32. The van der Waals surface area contributed by atoms with Gasteiger partial charge < -0.3 is 15.6 Å². The van der Waals surface area contributed by atoms with E-state index in [0.717, 1.165) is 28.8 Å². The van der Waals surface area contributed by atoms with E-state index < -0.39 is 24.0 Å². The SMILES string of the molecule is CC(NC(=O)C(Cc1ccccc1)N1C(=O)NC(c2c[nH]c3cccc(Cl)c23)C1=O)C1CC1. The second-order valence-corrected chi connectivity index (χ2v) is 9.24. The molecular formula is C25H25ClN4O3. The van der Waals surface area contributed by atoms with Crippen LogP contribution in [-0.2, 0) is 16.0 Å². The number of aromatic amines is 1. The Kier molecular flexibility index (Phi) is 5.58. The molecule has 3 atom stereocenters. The number of carbonyl (C=O) groups is 3. The number of imide groups is 1. The number of urea groups is 1. The molecule has 2 heterocycles. The number of hydrogen-bond donors (Lipinski definition) is 3. The molecule has 7 nitrogen and oxygen atoms in total. The second kappa shape index (κ2) is 8.56. The smallest absolute Gasteiger partial charge is 0.325 e. The van der Waals surface area contributed by atoms with E-state index in [1.165, 1.54) is 0 Å². The summed E-state index contributed by atoms with van der Waals surface area (Å²) in [5.41, 5.74) is 2.23. The molecule has 2 aliphatic rings. The lowest BCUT2D eigenvalue weighted by Gasteiger charge is -2.26. The number of benzene rings is 2. The normalized spacial score (nSPS) is 20.1. The zero-order valence-electron chi connectivity index (χ0n) is 18.2. The van der Waals surface area contributed by atoms with Crippen molar-refractivity contribution in [2.75, 3.05) is 0 Å². The Balaban J connectivity index is 1.46. The van der Waals surface area contributed by atoms with Crippen molar-refractivity contribution in [2.45, 2.75) is 44.3 Å². The lowest BCUT2D eigenvalue weighted by Crippen LogP contribution is -2.53. The van der Waals surface area contributed by atoms with Gasteiger partial charge in [0, 0.05) is 35.1 Å². The van der Waals surface area contributed by atoms with Crippen LogP contribution in [0.2, 0.25) is 5.02 Å². The van der Waals surface area contributed by atoms with Crippen LogP contribution in [0.25, 0.3) is 10.9 Å². The van der Waals surface area contributed by atoms with Gasteiger partial charge in [-0.05, 0) is 43.4 Å². The van der Waals surface area contributed by atoms with Crippen LogP contribution >= 0.6 is 11.6 Å². The van der Waals surface area contributed by atoms with Crippen LogP contribution in [0.1, 0.15) is 36.9 Å². The van der Waals surface area contributed by atoms with Crippen LogP contribution in [0, 0.1) is 5.92 Å². The molecule has 3 N–H and O–H groups in total. The standard InChI is InChI=1S/C25H25ClN4O3/c1-14(16-10-11-16)28-23(31)20(12-15-6-3-2-4-7-15)30-24(32)22(29-25(30)33)17-13-27-19-9-5-8-18(26)21(17)19/h2-9,13-14,16,20,22,27H,10-12H2,1H3,(H,28,31)(H,29,33). The lowest BCUT2D eigenvalue weighted by molar-refractivity contribution is -0.136. The molecule has 3 unspecified atom stereocenters. The fourth-order valence-corrected chi connectivity index (χ4v) is 4.85. The number of aromatic nitrogens is 1. The minimum Gasteiger partial charge on any atom is -0.361 e. The number of nitrogens with zero attached hydrogens (tertiary/aromatic N) is 1. The maximum atomic E-state index is 13.5. The molecule has 2 fully saturated rings. The number of amides is 4. The number of halogens is 1. The summed E-state index contributed by atoms with van der Waals surface area (Å²) in [6, 6.07) is 12.4. The molecule has 170 valence electrons. The molecule has 1 aromatic heterocycles. The molecule has 2 aromatic carbocycles. The van der Waals surface area contributed by atoms with E-state index in [1.807, 2.05) is 49.4 Å². The molecular weight excluding hydrogens is 440 g/mol. The third-order valence-electron chi connectivity index (χ3n) is 6.55. The first-order chi connectivity index (χ1) is 15.9. The van der Waals surface area contributed by atoms with Crippen molar-refractivity contribution < 1.29 is 14.4 Å². The summed E-state index contributed by atoms with van der Waals surface area (Å²) >= 11 is 6.39. The fraction of sp³-hybridized carbons (Fsp3) is 0.320. The third kappa shape index (κ3) is 4.09. The van der Waals surface area contributed by atoms with Gasteiger partial charge in [0.25, 0.3) is 5.91 Å². The van der Waals surface area contributed by atoms with Crippen molar-refractivity contribution in [3.05, 3.63) is 70.9 Å². The Morgan fingerprint density at radius 2 is 1.91 bits per heavy atom. The van der Waals surface area contributed by atoms with E-state index in [4.69, 9.17) is 11.6 Å². The topological polar surface area (TPSA) is 94.3 Å². The summed E-state index contributed by atoms with van der Waals surface area (Å²) in [6.45, 7) is 1.97. The van der Waals surface area contributed by atoms with Gasteiger partial charge in [-0.3, -0.25) is 9.59 Å². The highest BCUT2D eigenvalue weighted by molar-refractivity contribution is 6.36. The third-order valence-corrected chi connectivity index (χ3v) is 6.87. The average Bonchev–Trinajstić information content (AvgIpc) is 3.50. The molecule has 33 heavy (non-hydrogen) atoms. The van der Waals surface area contributed by atoms with Crippen molar-refractivity contribution in [3.63, 3.8) is 0 Å². The van der Waals surface area contributed by atoms with Gasteiger partial charge in [-0.1, -0.05) is 48.0 Å². The number of rotatable bonds is 7. The van der Waals surface area contributed by atoms with E-state index in [-0.39, 0.29) is 18.4 Å². The monoisotopic (exact) mass is 464 g/mol. The van der Waals surface area contributed by atoms with Gasteiger partial charge in [0.1, 0.15) is 12.1 Å². The minimum atomic E-state index is -0.952. The molecule has 1 saturated carbocycles. The maximum Gasteiger partial charge on any atom is 0.325 e. The summed E-state index contributed by atoms with van der Waals surface area (Å²) < 4.78 is 0. The van der Waals surface area contributed by atoms with E-state index in [2.05, 4.69) is 15.6 Å². The van der Waals surface area contributed by atoms with Gasteiger partial charge in [-0.15, -0.1) is 0 Å². The maximum absolute atomic E-state index is 13.5. The molecule has 1 aliphatic heterocycles. The second-order valence-electron chi connectivity index (χ2n) is 8.84. The fourth-order valence-electron chi connectivity index (χ4n) is 4.57. The highest BCUT2D eigenvalue weighted by atomic mass is 35.5. The summed E-state index contributed by atoms with van der Waals surface area (Å²) in [5, 5.41) is 6.97. The van der Waals surface area contributed by atoms with Crippen LogP contribution in [0.5, 0.6) is 0 Å². The first-order valence-corrected chi connectivity index (χ1v) is 11.5. The Morgan fingerprint density at radius 3 is 2.64 bits per heavy atom. The molecule has 8 heteroatoms. The molecule has 0 spiro atoms. The van der Waals surface area contributed by atoms with E-state index in [9.17, 15) is 14.4 Å². The summed E-state index contributed by atoms with van der Waals surface area (Å²) in [7, 11) is 0. The van der Waals surface area contributed by atoms with E-state index in [0.29, 0.717) is 21.9 Å². The van der Waals surface area contributed by atoms with E-state index >= 15 is 0 Å². The van der Waals surface area contributed by atoms with Gasteiger partial charge in [0.05, 0.1) is 5.02 Å². The Bertz CT molecular complexity index is 1220. The first kappa shape index (κ1) is 21.5. The first-order valence-electron chi connectivity index (χ1n) is 11.2. The Labute approximate surface area is 196 Å². The van der Waals surface area contributed by atoms with Crippen LogP contribution in [0.3, 0.4) is 0 Å². The highest BCUT2D eigenvalue weighted by Gasteiger charge is 2.46. The zero-order chi connectivity index (χ0) is 23.1. The quantitative estimate of drug-likeness (QED) is 0.462. The number of carbonyl (C=O) groups excluding carboxylic acids is 3. The molecule has 1 saturated heterocycles. The Morgan fingerprint density at radius 1 is 1.15 bits per heavy atom. The van der Waals surface area contributed by atoms with Gasteiger partial charge >= 0.3 is 6.03 Å². The zero-order valence-corrected chi connectivity index (χ0v) is 18.9. The molecule has 3 aromatic rings. The van der Waals surface area contributed by atoms with Crippen LogP contribution in [-0.4, -0.2) is 39.8 Å². The highest BCUT2D eigenvalue weighted by Crippen LogP contribution is 2.35. The van der Waals surface area contributed by atoms with E-state index in [1.54, 1.807) is 12.3 Å². The lowest BCUT2D eigenvalue weighted by atomic mass is 10.0. The van der Waals surface area contributed by atoms with Crippen molar-refractivity contribution in [2.24, 2.45) is 5.92 Å². The van der Waals surface area contributed by atoms with Crippen molar-refractivity contribution in [1.29, 1.82) is 0 Å². The van der Waals surface area contributed by atoms with Gasteiger partial charge in [-0.25, -0.2) is 9.69 Å². The molecule has 0 bridgehead atoms. The number of H-pyrrole nitrogens is 1. The predicted molar refractivity (Wildman–Crippen MR) is 126 cm³/mol. The largest absolute Gasteiger partial charge is 0.361 e. The van der Waals surface area contributed by atoms with Crippen molar-refractivity contribution in [3.8, 4) is 0 Å². The van der Waals surface area contributed by atoms with Crippen LogP contribution < -0.4 is 10.6 Å². The van der Waals surface area contributed by atoms with Gasteiger partial charge in [-0.2, -0.15) is 0 Å². The number of nitrogens with one attached hydrogen (secondary N) is 3. The van der Waals surface area contributed by atoms with Crippen molar-refractivity contribution >= 4 is 40.3 Å². The van der Waals surface area contributed by atoms with Crippen LogP contribution in [0.15, 0.2) is 54.7 Å². The molecule has 5 rings (SSSR count). The van der Waals surface area contributed by atoms with Gasteiger partial charge in [0.2, 0.25) is 5.91 Å². The average molecular weight is 465 g/mol. The van der Waals surface area contributed by atoms with Crippen molar-refractivity contribution in [1.82, 2.24) is 20.5 Å². The summed E-state index contributed by atoms with van der Waals surface area (Å²) in [5.74, 6) is -0.328. The minimum absolute atomic E-state index is 0.000222.